The van der Waals surface area contributed by atoms with Crippen LogP contribution < -0.4 is 14.9 Å². The number of aromatic hydroxyl groups is 2. The summed E-state index contributed by atoms with van der Waals surface area (Å²) in [7, 11) is 3.04. The summed E-state index contributed by atoms with van der Waals surface area (Å²) in [6.45, 7) is 0. The zero-order valence-electron chi connectivity index (χ0n) is 14.6. The number of benzene rings is 3. The summed E-state index contributed by atoms with van der Waals surface area (Å²) in [5, 5.41) is 21.9. The molecule has 0 unspecified atom stereocenters. The summed E-state index contributed by atoms with van der Waals surface area (Å²) < 4.78 is 16.3. The molecule has 4 rings (SSSR count). The van der Waals surface area contributed by atoms with Crippen molar-refractivity contribution in [1.29, 1.82) is 0 Å². The molecule has 0 amide bonds. The van der Waals surface area contributed by atoms with Crippen LogP contribution in [0.2, 0.25) is 0 Å². The number of ether oxygens (including phenoxy) is 2. The SMILES string of the molecule is COc1ccc(-c2cc(=O)c3c(O)c4ccccc4c(O)c3o2)cc1OC. The predicted molar refractivity (Wildman–Crippen MR) is 102 cm³/mol. The molecule has 3 aromatic carbocycles. The van der Waals surface area contributed by atoms with Crippen LogP contribution in [0.1, 0.15) is 0 Å². The van der Waals surface area contributed by atoms with Crippen molar-refractivity contribution in [2.75, 3.05) is 14.2 Å². The van der Waals surface area contributed by atoms with Crippen molar-refractivity contribution in [3.8, 4) is 34.3 Å². The highest BCUT2D eigenvalue weighted by atomic mass is 16.5. The zero-order valence-corrected chi connectivity index (χ0v) is 14.6. The molecule has 1 heterocycles. The van der Waals surface area contributed by atoms with Crippen LogP contribution in [-0.2, 0) is 0 Å². The number of fused-ring (bicyclic) bond motifs is 2. The van der Waals surface area contributed by atoms with Crippen LogP contribution >= 0.6 is 0 Å². The third-order valence-electron chi connectivity index (χ3n) is 4.50. The van der Waals surface area contributed by atoms with Crippen LogP contribution in [0.15, 0.2) is 57.7 Å². The van der Waals surface area contributed by atoms with Crippen molar-refractivity contribution >= 4 is 21.7 Å². The van der Waals surface area contributed by atoms with E-state index in [0.29, 0.717) is 27.8 Å². The Morgan fingerprint density at radius 3 is 2.19 bits per heavy atom. The normalized spacial score (nSPS) is 11.0. The molecule has 136 valence electrons. The minimum atomic E-state index is -0.459. The Kier molecular flexibility index (Phi) is 3.88. The maximum absolute atomic E-state index is 12.7. The fourth-order valence-corrected chi connectivity index (χ4v) is 3.17. The van der Waals surface area contributed by atoms with Crippen molar-refractivity contribution in [3.63, 3.8) is 0 Å². The summed E-state index contributed by atoms with van der Waals surface area (Å²) in [4.78, 5) is 12.7. The molecule has 0 aliphatic heterocycles. The highest BCUT2D eigenvalue weighted by Crippen LogP contribution is 2.41. The number of hydrogen-bond acceptors (Lipinski definition) is 6. The van der Waals surface area contributed by atoms with Crippen LogP contribution in [0.3, 0.4) is 0 Å². The Labute approximate surface area is 153 Å². The van der Waals surface area contributed by atoms with E-state index in [4.69, 9.17) is 13.9 Å². The van der Waals surface area contributed by atoms with Crippen LogP contribution in [-0.4, -0.2) is 24.4 Å². The Bertz CT molecular complexity index is 1240. The number of rotatable bonds is 3. The lowest BCUT2D eigenvalue weighted by Gasteiger charge is -2.11. The van der Waals surface area contributed by atoms with Gasteiger partial charge in [-0.05, 0) is 18.2 Å². The van der Waals surface area contributed by atoms with E-state index in [-0.39, 0.29) is 28.2 Å². The molecule has 6 heteroatoms. The molecule has 0 saturated heterocycles. The van der Waals surface area contributed by atoms with Gasteiger partial charge in [-0.2, -0.15) is 0 Å². The quantitative estimate of drug-likeness (QED) is 0.421. The van der Waals surface area contributed by atoms with Gasteiger partial charge in [-0.1, -0.05) is 24.3 Å². The van der Waals surface area contributed by atoms with Crippen LogP contribution in [0.5, 0.6) is 23.0 Å². The van der Waals surface area contributed by atoms with Gasteiger partial charge in [-0.3, -0.25) is 4.79 Å². The van der Waals surface area contributed by atoms with Crippen molar-refractivity contribution < 1.29 is 24.1 Å². The molecule has 0 aliphatic carbocycles. The second kappa shape index (κ2) is 6.25. The first kappa shape index (κ1) is 16.8. The molecule has 0 radical (unpaired) electrons. The van der Waals surface area contributed by atoms with Gasteiger partial charge >= 0.3 is 0 Å². The number of methoxy groups -OCH3 is 2. The Morgan fingerprint density at radius 1 is 0.852 bits per heavy atom. The first-order valence-electron chi connectivity index (χ1n) is 8.18. The minimum Gasteiger partial charge on any atom is -0.506 e. The van der Waals surface area contributed by atoms with Gasteiger partial charge in [0.05, 0.1) is 14.2 Å². The zero-order chi connectivity index (χ0) is 19.1. The van der Waals surface area contributed by atoms with E-state index in [1.165, 1.54) is 20.3 Å². The lowest BCUT2D eigenvalue weighted by Crippen LogP contribution is -2.01. The number of phenols is 2. The van der Waals surface area contributed by atoms with Gasteiger partial charge < -0.3 is 24.1 Å². The molecule has 4 aromatic rings. The molecule has 0 saturated carbocycles. The first-order chi connectivity index (χ1) is 13.0. The standard InChI is InChI=1S/C21H16O6/c1-25-15-8-7-11(9-17(15)26-2)16-10-14(22)18-19(23)12-5-3-4-6-13(12)20(24)21(18)27-16/h3-10,23-24H,1-2H3. The van der Waals surface area contributed by atoms with Crippen LogP contribution in [0.4, 0.5) is 0 Å². The summed E-state index contributed by atoms with van der Waals surface area (Å²) in [5.74, 6) is 0.835. The van der Waals surface area contributed by atoms with Gasteiger partial charge in [0, 0.05) is 22.4 Å². The van der Waals surface area contributed by atoms with Gasteiger partial charge in [0.15, 0.2) is 28.3 Å². The Hall–Kier alpha value is -3.67. The van der Waals surface area contributed by atoms with Gasteiger partial charge in [0.2, 0.25) is 0 Å². The van der Waals surface area contributed by atoms with Crippen molar-refractivity contribution in [2.45, 2.75) is 0 Å². The fourth-order valence-electron chi connectivity index (χ4n) is 3.17. The minimum absolute atomic E-state index is 0.0598. The molecular formula is C21H16O6. The first-order valence-corrected chi connectivity index (χ1v) is 8.18. The number of phenolic OH excluding ortho intramolecular Hbond substituents is 2. The van der Waals surface area contributed by atoms with E-state index in [2.05, 4.69) is 0 Å². The summed E-state index contributed by atoms with van der Waals surface area (Å²) in [6, 6.07) is 13.1. The molecule has 0 fully saturated rings. The van der Waals surface area contributed by atoms with E-state index in [1.807, 2.05) is 0 Å². The number of hydrogen-bond donors (Lipinski definition) is 2. The molecule has 0 bridgehead atoms. The second-order valence-electron chi connectivity index (χ2n) is 5.99. The van der Waals surface area contributed by atoms with E-state index < -0.39 is 5.43 Å². The van der Waals surface area contributed by atoms with Gasteiger partial charge in [-0.15, -0.1) is 0 Å². The molecule has 0 atom stereocenters. The van der Waals surface area contributed by atoms with Crippen LogP contribution in [0, 0.1) is 0 Å². The van der Waals surface area contributed by atoms with Gasteiger partial charge in [0.25, 0.3) is 0 Å². The van der Waals surface area contributed by atoms with E-state index in [0.717, 1.165) is 0 Å². The topological polar surface area (TPSA) is 89.1 Å². The largest absolute Gasteiger partial charge is 0.506 e. The van der Waals surface area contributed by atoms with E-state index in [1.54, 1.807) is 42.5 Å². The summed E-state index contributed by atoms with van der Waals surface area (Å²) >= 11 is 0. The van der Waals surface area contributed by atoms with E-state index in [9.17, 15) is 15.0 Å². The Morgan fingerprint density at radius 2 is 1.52 bits per heavy atom. The highest BCUT2D eigenvalue weighted by Gasteiger charge is 2.19. The second-order valence-corrected chi connectivity index (χ2v) is 5.99. The summed E-state index contributed by atoms with van der Waals surface area (Å²) in [5.41, 5.74) is 0.0433. The molecule has 0 aliphatic rings. The lowest BCUT2D eigenvalue weighted by molar-refractivity contribution is 0.355. The summed E-state index contributed by atoms with van der Waals surface area (Å²) in [6.07, 6.45) is 0. The molecule has 0 spiro atoms. The molecule has 6 nitrogen and oxygen atoms in total. The monoisotopic (exact) mass is 364 g/mol. The maximum atomic E-state index is 12.7. The van der Waals surface area contributed by atoms with Crippen molar-refractivity contribution in [3.05, 3.63) is 58.8 Å². The predicted octanol–water partition coefficient (Wildman–Crippen LogP) is 4.04. The van der Waals surface area contributed by atoms with E-state index >= 15 is 0 Å². The average molecular weight is 364 g/mol. The van der Waals surface area contributed by atoms with Crippen LogP contribution in [0.25, 0.3) is 33.1 Å². The molecular weight excluding hydrogens is 348 g/mol. The average Bonchev–Trinajstić information content (AvgIpc) is 2.71. The smallest absolute Gasteiger partial charge is 0.197 e. The van der Waals surface area contributed by atoms with Crippen molar-refractivity contribution in [1.82, 2.24) is 0 Å². The molecule has 1 aromatic heterocycles. The van der Waals surface area contributed by atoms with Gasteiger partial charge in [0.1, 0.15) is 16.9 Å². The van der Waals surface area contributed by atoms with Gasteiger partial charge in [-0.25, -0.2) is 0 Å². The highest BCUT2D eigenvalue weighted by molar-refractivity contribution is 6.08. The Balaban J connectivity index is 2.04. The fraction of sp³-hybridized carbons (Fsp3) is 0.0952. The third-order valence-corrected chi connectivity index (χ3v) is 4.50. The maximum Gasteiger partial charge on any atom is 0.197 e. The molecule has 27 heavy (non-hydrogen) atoms. The third kappa shape index (κ3) is 2.54. The lowest BCUT2D eigenvalue weighted by atomic mass is 10.0. The molecule has 2 N–H and O–H groups in total. The van der Waals surface area contributed by atoms with Crippen molar-refractivity contribution in [2.24, 2.45) is 0 Å².